The Bertz CT molecular complexity index is 986. The lowest BCUT2D eigenvalue weighted by Gasteiger charge is -2.28. The molecule has 7 nitrogen and oxygen atoms in total. The van der Waals surface area contributed by atoms with E-state index in [1.807, 2.05) is 36.4 Å². The minimum Gasteiger partial charge on any atom is -0.385 e. The number of nitrogens with one attached hydrogen (secondary N) is 2. The van der Waals surface area contributed by atoms with E-state index in [4.69, 9.17) is 0 Å². The molecule has 1 heterocycles. The number of sulfonamides is 1. The monoisotopic (exact) mass is 508 g/mol. The molecule has 9 heteroatoms. The molecule has 0 saturated heterocycles. The molecule has 3 rings (SSSR count). The maximum absolute atomic E-state index is 12.9. The minimum atomic E-state index is -3.44. The number of fused-ring (bicyclic) bond motifs is 1. The molecule has 1 aliphatic rings. The maximum atomic E-state index is 12.9. The molecule has 2 N–H and O–H groups in total. The third-order valence-electron chi connectivity index (χ3n) is 5.17. The van der Waals surface area contributed by atoms with E-state index in [1.165, 1.54) is 5.56 Å². The first-order valence-corrected chi connectivity index (χ1v) is 13.0. The molecule has 2 aromatic rings. The van der Waals surface area contributed by atoms with Crippen molar-refractivity contribution in [3.05, 3.63) is 64.1 Å². The molecule has 0 aromatic heterocycles. The van der Waals surface area contributed by atoms with E-state index in [0.717, 1.165) is 48.0 Å². The molecule has 0 saturated carbocycles. The number of rotatable bonds is 5. The van der Waals surface area contributed by atoms with Crippen LogP contribution in [0.4, 0.5) is 5.69 Å². The van der Waals surface area contributed by atoms with Crippen LogP contribution in [0.5, 0.6) is 0 Å². The van der Waals surface area contributed by atoms with Gasteiger partial charge in [0.1, 0.15) is 0 Å². The van der Waals surface area contributed by atoms with E-state index in [1.54, 1.807) is 4.90 Å². The quantitative estimate of drug-likeness (QED) is 0.648. The van der Waals surface area contributed by atoms with E-state index < -0.39 is 10.0 Å². The summed E-state index contributed by atoms with van der Waals surface area (Å²) in [6.45, 7) is 3.94. The molecule has 1 aliphatic heterocycles. The zero-order valence-electron chi connectivity index (χ0n) is 17.7. The highest BCUT2D eigenvalue weighted by Crippen LogP contribution is 2.23. The van der Waals surface area contributed by atoms with Crippen molar-refractivity contribution in [2.24, 2.45) is 0 Å². The van der Waals surface area contributed by atoms with Crippen LogP contribution in [-0.4, -0.2) is 63.1 Å². The molecule has 0 spiro atoms. The number of hydrogen-bond donors (Lipinski definition) is 2. The largest absolute Gasteiger partial charge is 0.385 e. The van der Waals surface area contributed by atoms with Crippen LogP contribution in [0.25, 0.3) is 0 Å². The van der Waals surface area contributed by atoms with E-state index in [0.29, 0.717) is 19.6 Å². The lowest BCUT2D eigenvalue weighted by molar-refractivity contribution is -0.130. The summed E-state index contributed by atoms with van der Waals surface area (Å²) in [5.41, 5.74) is 3.22. The highest BCUT2D eigenvalue weighted by atomic mass is 79.9. The van der Waals surface area contributed by atoms with Gasteiger partial charge >= 0.3 is 0 Å². The van der Waals surface area contributed by atoms with Crippen LogP contribution in [-0.2, 0) is 27.9 Å². The average Bonchev–Trinajstić information content (AvgIpc) is 2.76. The zero-order chi connectivity index (χ0) is 22.3. The highest BCUT2D eigenvalue weighted by Gasteiger charge is 2.19. The summed E-state index contributed by atoms with van der Waals surface area (Å²) in [5.74, 6) is -0.241. The van der Waals surface area contributed by atoms with Crippen molar-refractivity contribution >= 4 is 37.5 Å². The van der Waals surface area contributed by atoms with Gasteiger partial charge < -0.3 is 10.2 Å². The summed E-state index contributed by atoms with van der Waals surface area (Å²) in [7, 11) is -3.44. The molecule has 0 aliphatic carbocycles. The summed E-state index contributed by atoms with van der Waals surface area (Å²) < 4.78 is 26.2. The third-order valence-corrected chi connectivity index (χ3v) is 6.33. The molecule has 0 unspecified atom stereocenters. The van der Waals surface area contributed by atoms with Crippen LogP contribution in [0, 0.1) is 0 Å². The summed E-state index contributed by atoms with van der Waals surface area (Å²) in [6.07, 6.45) is 2.04. The van der Waals surface area contributed by atoms with Gasteiger partial charge in [-0.2, -0.15) is 0 Å². The van der Waals surface area contributed by atoms with Crippen molar-refractivity contribution in [3.8, 4) is 0 Å². The number of carbonyl (C=O) groups is 1. The van der Waals surface area contributed by atoms with E-state index in [-0.39, 0.29) is 12.5 Å². The lowest BCUT2D eigenvalue weighted by Crippen LogP contribution is -2.43. The molecular weight excluding hydrogens is 480 g/mol. The fourth-order valence-corrected chi connectivity index (χ4v) is 4.36. The van der Waals surface area contributed by atoms with Gasteiger partial charge in [0, 0.05) is 49.4 Å². The van der Waals surface area contributed by atoms with Gasteiger partial charge in [0.15, 0.2) is 0 Å². The van der Waals surface area contributed by atoms with Crippen LogP contribution >= 0.6 is 15.9 Å². The maximum Gasteiger partial charge on any atom is 0.237 e. The zero-order valence-corrected chi connectivity index (χ0v) is 20.1. The molecule has 2 aromatic carbocycles. The van der Waals surface area contributed by atoms with Crippen LogP contribution in [0.3, 0.4) is 0 Å². The van der Waals surface area contributed by atoms with Gasteiger partial charge in [-0.15, -0.1) is 0 Å². The Kier molecular flexibility index (Phi) is 8.48. The van der Waals surface area contributed by atoms with Crippen molar-refractivity contribution in [1.82, 2.24) is 14.5 Å². The molecule has 0 atom stereocenters. The topological polar surface area (TPSA) is 81.8 Å². The normalized spacial score (nSPS) is 16.1. The summed E-state index contributed by atoms with van der Waals surface area (Å²) in [6, 6.07) is 16.3. The number of amides is 1. The van der Waals surface area contributed by atoms with Crippen LogP contribution in [0.1, 0.15) is 17.5 Å². The summed E-state index contributed by atoms with van der Waals surface area (Å²) in [4.78, 5) is 17.0. The molecule has 1 amide bonds. The lowest BCUT2D eigenvalue weighted by atomic mass is 10.1. The Labute approximate surface area is 193 Å². The Hall–Kier alpha value is -1.94. The fourth-order valence-electron chi connectivity index (χ4n) is 3.57. The smallest absolute Gasteiger partial charge is 0.237 e. The third kappa shape index (κ3) is 7.92. The van der Waals surface area contributed by atoms with Crippen molar-refractivity contribution in [1.29, 1.82) is 0 Å². The van der Waals surface area contributed by atoms with Crippen molar-refractivity contribution in [2.75, 3.05) is 44.3 Å². The Morgan fingerprint density at radius 1 is 1.13 bits per heavy atom. The van der Waals surface area contributed by atoms with Gasteiger partial charge in [-0.3, -0.25) is 9.69 Å². The van der Waals surface area contributed by atoms with Crippen LogP contribution in [0.15, 0.2) is 53.0 Å². The van der Waals surface area contributed by atoms with E-state index in [2.05, 4.69) is 43.0 Å². The second-order valence-electron chi connectivity index (χ2n) is 7.75. The molecule has 168 valence electrons. The average molecular weight is 509 g/mol. The molecular formula is C22H29BrN4O3S. The number of halogens is 1. The predicted molar refractivity (Wildman–Crippen MR) is 127 cm³/mol. The van der Waals surface area contributed by atoms with E-state index >= 15 is 0 Å². The second-order valence-corrected chi connectivity index (χ2v) is 10.5. The van der Waals surface area contributed by atoms with E-state index in [9.17, 15) is 13.2 Å². The first kappa shape index (κ1) is 23.7. The molecule has 0 fully saturated rings. The van der Waals surface area contributed by atoms with Crippen molar-refractivity contribution in [2.45, 2.75) is 19.5 Å². The second kappa shape index (κ2) is 11.1. The molecule has 0 bridgehead atoms. The number of anilines is 1. The standard InChI is InChI=1S/C22H29BrN4O3S/c1-31(29,30)25-15-22(28)27-13-12-26(16-18-6-3-2-4-7-18)11-5-10-24-21-9-8-20(23)14-19(21)17-27/h2-4,6-9,14,24-25H,5,10-13,15-17H2,1H3. The van der Waals surface area contributed by atoms with Gasteiger partial charge in [0.05, 0.1) is 12.8 Å². The van der Waals surface area contributed by atoms with Crippen LogP contribution < -0.4 is 10.0 Å². The minimum absolute atomic E-state index is 0.241. The van der Waals surface area contributed by atoms with Crippen LogP contribution in [0.2, 0.25) is 0 Å². The molecule has 31 heavy (non-hydrogen) atoms. The Balaban J connectivity index is 1.79. The van der Waals surface area contributed by atoms with Gasteiger partial charge in [0.2, 0.25) is 15.9 Å². The van der Waals surface area contributed by atoms with Gasteiger partial charge in [-0.05, 0) is 35.7 Å². The number of carbonyl (C=O) groups excluding carboxylic acids is 1. The SMILES string of the molecule is CS(=O)(=O)NCC(=O)N1CCN(Cc2ccccc2)CCCNc2ccc(Br)cc2C1. The Morgan fingerprint density at radius 2 is 1.90 bits per heavy atom. The first-order chi connectivity index (χ1) is 14.8. The first-order valence-electron chi connectivity index (χ1n) is 10.3. The summed E-state index contributed by atoms with van der Waals surface area (Å²) >= 11 is 3.52. The van der Waals surface area contributed by atoms with Gasteiger partial charge in [-0.25, -0.2) is 13.1 Å². The predicted octanol–water partition coefficient (Wildman–Crippen LogP) is 2.64. The van der Waals surface area contributed by atoms with Gasteiger partial charge in [-0.1, -0.05) is 46.3 Å². The van der Waals surface area contributed by atoms with Crippen molar-refractivity contribution in [3.63, 3.8) is 0 Å². The highest BCUT2D eigenvalue weighted by molar-refractivity contribution is 9.10. The number of nitrogens with zero attached hydrogens (tertiary/aromatic N) is 2. The number of benzene rings is 2. The fraction of sp³-hybridized carbons (Fsp3) is 0.409. The Morgan fingerprint density at radius 3 is 2.65 bits per heavy atom. The van der Waals surface area contributed by atoms with Crippen molar-refractivity contribution < 1.29 is 13.2 Å². The molecule has 0 radical (unpaired) electrons. The number of hydrogen-bond acceptors (Lipinski definition) is 5. The summed E-state index contributed by atoms with van der Waals surface area (Å²) in [5, 5.41) is 3.49. The van der Waals surface area contributed by atoms with Gasteiger partial charge in [0.25, 0.3) is 0 Å².